The molecule has 2 fully saturated rings. The first-order valence-electron chi connectivity index (χ1n) is 10.0. The lowest BCUT2D eigenvalue weighted by atomic mass is 9.70. The molecule has 8 heteroatoms. The number of sulfonamides is 1. The third kappa shape index (κ3) is 3.01. The standard InChI is InChI=1S/C21H24N2O5S/c24-18-7-1-5-16-19-17(6-3-13-27-19)21(28-20(16)18)8-11-23(12-9-21)29(25,26)15-4-2-10-22-14-15/h1-2,4-5,7,10,14,17,19,24H,3,6,8-9,11-13H2/t17-,19+/m0/s1. The summed E-state index contributed by atoms with van der Waals surface area (Å²) in [4.78, 5) is 4.15. The Morgan fingerprint density at radius 3 is 2.76 bits per heavy atom. The highest BCUT2D eigenvalue weighted by atomic mass is 32.2. The molecule has 29 heavy (non-hydrogen) atoms. The Morgan fingerprint density at radius 1 is 1.17 bits per heavy atom. The van der Waals surface area contributed by atoms with Gasteiger partial charge in [-0.05, 0) is 31.0 Å². The number of benzene rings is 1. The summed E-state index contributed by atoms with van der Waals surface area (Å²) in [7, 11) is -3.58. The second-order valence-corrected chi connectivity index (χ2v) is 9.93. The first kappa shape index (κ1) is 18.8. The number of aromatic nitrogens is 1. The van der Waals surface area contributed by atoms with Crippen molar-refractivity contribution >= 4 is 10.0 Å². The second kappa shape index (κ2) is 6.97. The van der Waals surface area contributed by atoms with Crippen LogP contribution in [0, 0.1) is 5.92 Å². The average Bonchev–Trinajstić information content (AvgIpc) is 2.76. The maximum absolute atomic E-state index is 13.0. The summed E-state index contributed by atoms with van der Waals surface area (Å²) in [6.07, 6.45) is 5.87. The van der Waals surface area contributed by atoms with Gasteiger partial charge in [0.15, 0.2) is 11.5 Å². The van der Waals surface area contributed by atoms with Gasteiger partial charge >= 0.3 is 0 Å². The molecule has 0 amide bonds. The van der Waals surface area contributed by atoms with E-state index < -0.39 is 15.6 Å². The number of ether oxygens (including phenoxy) is 2. The van der Waals surface area contributed by atoms with Gasteiger partial charge in [0.1, 0.15) is 10.5 Å². The van der Waals surface area contributed by atoms with E-state index in [2.05, 4.69) is 4.98 Å². The van der Waals surface area contributed by atoms with Crippen LogP contribution in [0.15, 0.2) is 47.6 Å². The number of nitrogens with zero attached hydrogens (tertiary/aromatic N) is 2. The molecule has 3 aliphatic rings. The highest BCUT2D eigenvalue weighted by molar-refractivity contribution is 7.89. The molecule has 0 bridgehead atoms. The Labute approximate surface area is 170 Å². The van der Waals surface area contributed by atoms with Crippen molar-refractivity contribution in [1.82, 2.24) is 9.29 Å². The number of para-hydroxylation sites is 1. The van der Waals surface area contributed by atoms with Gasteiger partial charge in [0.2, 0.25) is 10.0 Å². The lowest BCUT2D eigenvalue weighted by Gasteiger charge is -2.53. The van der Waals surface area contributed by atoms with Crippen LogP contribution in [0.1, 0.15) is 37.4 Å². The lowest BCUT2D eigenvalue weighted by molar-refractivity contribution is -0.146. The third-order valence-corrected chi connectivity index (χ3v) is 8.36. The largest absolute Gasteiger partial charge is 0.504 e. The molecule has 2 atom stereocenters. The van der Waals surface area contributed by atoms with E-state index in [-0.39, 0.29) is 22.7 Å². The predicted octanol–water partition coefficient (Wildman–Crippen LogP) is 2.87. The molecular weight excluding hydrogens is 392 g/mol. The molecule has 3 aliphatic heterocycles. The van der Waals surface area contributed by atoms with Crippen LogP contribution in [-0.4, -0.2) is 48.1 Å². The number of aromatic hydroxyl groups is 1. The van der Waals surface area contributed by atoms with Gasteiger partial charge in [0.25, 0.3) is 0 Å². The summed E-state index contributed by atoms with van der Waals surface area (Å²) in [6, 6.07) is 8.59. The van der Waals surface area contributed by atoms with Crippen molar-refractivity contribution in [3.05, 3.63) is 48.3 Å². The monoisotopic (exact) mass is 416 g/mol. The molecule has 1 N–H and O–H groups in total. The van der Waals surface area contributed by atoms with Gasteiger partial charge in [0.05, 0.1) is 6.10 Å². The van der Waals surface area contributed by atoms with E-state index in [0.29, 0.717) is 38.3 Å². The van der Waals surface area contributed by atoms with Gasteiger partial charge in [0, 0.05) is 56.4 Å². The second-order valence-electron chi connectivity index (χ2n) is 8.00. The molecule has 7 nitrogen and oxygen atoms in total. The van der Waals surface area contributed by atoms with Crippen LogP contribution in [-0.2, 0) is 14.8 Å². The summed E-state index contributed by atoms with van der Waals surface area (Å²) >= 11 is 0. The summed E-state index contributed by atoms with van der Waals surface area (Å²) in [5.74, 6) is 0.743. The minimum Gasteiger partial charge on any atom is -0.504 e. The minimum atomic E-state index is -3.58. The smallest absolute Gasteiger partial charge is 0.244 e. The molecule has 1 spiro atoms. The Kier molecular flexibility index (Phi) is 4.53. The number of piperidine rings is 1. The fraction of sp³-hybridized carbons (Fsp3) is 0.476. The van der Waals surface area contributed by atoms with Crippen molar-refractivity contribution in [2.24, 2.45) is 5.92 Å². The number of hydrogen-bond acceptors (Lipinski definition) is 6. The van der Waals surface area contributed by atoms with Crippen molar-refractivity contribution in [3.63, 3.8) is 0 Å². The van der Waals surface area contributed by atoms with E-state index in [1.54, 1.807) is 24.4 Å². The topological polar surface area (TPSA) is 89.0 Å². The van der Waals surface area contributed by atoms with Gasteiger partial charge in [-0.1, -0.05) is 12.1 Å². The average molecular weight is 416 g/mol. The van der Waals surface area contributed by atoms with Crippen LogP contribution in [0.4, 0.5) is 0 Å². The Morgan fingerprint density at radius 2 is 2.00 bits per heavy atom. The molecule has 0 unspecified atom stereocenters. The number of hydrogen-bond donors (Lipinski definition) is 1. The highest BCUT2D eigenvalue weighted by Crippen LogP contribution is 2.55. The van der Waals surface area contributed by atoms with Crippen molar-refractivity contribution in [1.29, 1.82) is 0 Å². The zero-order valence-electron chi connectivity index (χ0n) is 16.0. The molecular formula is C21H24N2O5S. The zero-order chi connectivity index (χ0) is 20.1. The molecule has 4 heterocycles. The SMILES string of the molecule is O=S(=O)(c1cccnc1)N1CCC2(CC1)Oc1c(O)cccc1[C@H]1OCCC[C@@H]12. The number of phenolic OH excluding ortho intramolecular Hbond substituents is 1. The summed E-state index contributed by atoms with van der Waals surface area (Å²) < 4.78 is 40.0. The minimum absolute atomic E-state index is 0.111. The Hall–Kier alpha value is -2.16. The fourth-order valence-electron chi connectivity index (χ4n) is 5.01. The van der Waals surface area contributed by atoms with Crippen molar-refractivity contribution in [2.75, 3.05) is 19.7 Å². The number of fused-ring (bicyclic) bond motifs is 4. The predicted molar refractivity (Wildman–Crippen MR) is 105 cm³/mol. The zero-order valence-corrected chi connectivity index (χ0v) is 16.8. The van der Waals surface area contributed by atoms with E-state index in [1.165, 1.54) is 10.5 Å². The normalized spacial score (nSPS) is 26.3. The van der Waals surface area contributed by atoms with E-state index in [1.807, 2.05) is 12.1 Å². The van der Waals surface area contributed by atoms with Crippen LogP contribution < -0.4 is 4.74 Å². The Balaban J connectivity index is 1.44. The molecule has 2 aromatic rings. The van der Waals surface area contributed by atoms with Crippen molar-refractivity contribution < 1.29 is 23.0 Å². The molecule has 0 saturated carbocycles. The van der Waals surface area contributed by atoms with Crippen molar-refractivity contribution in [3.8, 4) is 11.5 Å². The van der Waals surface area contributed by atoms with Crippen LogP contribution in [0.3, 0.4) is 0 Å². The summed E-state index contributed by atoms with van der Waals surface area (Å²) in [5, 5.41) is 10.4. The molecule has 1 aromatic carbocycles. The molecule has 5 rings (SSSR count). The number of pyridine rings is 1. The highest BCUT2D eigenvalue weighted by Gasteiger charge is 2.53. The first-order valence-corrected chi connectivity index (χ1v) is 11.5. The van der Waals surface area contributed by atoms with Crippen LogP contribution in [0.2, 0.25) is 0 Å². The maximum Gasteiger partial charge on any atom is 0.244 e. The van der Waals surface area contributed by atoms with E-state index in [0.717, 1.165) is 18.4 Å². The number of rotatable bonds is 2. The lowest BCUT2D eigenvalue weighted by Crippen LogP contribution is -2.57. The van der Waals surface area contributed by atoms with Crippen LogP contribution in [0.5, 0.6) is 11.5 Å². The maximum atomic E-state index is 13.0. The van der Waals surface area contributed by atoms with Crippen LogP contribution in [0.25, 0.3) is 0 Å². The molecule has 0 aliphatic carbocycles. The van der Waals surface area contributed by atoms with Gasteiger partial charge in [-0.2, -0.15) is 4.31 Å². The quantitative estimate of drug-likeness (QED) is 0.810. The van der Waals surface area contributed by atoms with Gasteiger partial charge < -0.3 is 14.6 Å². The van der Waals surface area contributed by atoms with E-state index in [9.17, 15) is 13.5 Å². The fourth-order valence-corrected chi connectivity index (χ4v) is 6.42. The van der Waals surface area contributed by atoms with Crippen LogP contribution >= 0.6 is 0 Å². The molecule has 1 aromatic heterocycles. The van der Waals surface area contributed by atoms with Crippen molar-refractivity contribution in [2.45, 2.75) is 42.3 Å². The van der Waals surface area contributed by atoms with E-state index >= 15 is 0 Å². The van der Waals surface area contributed by atoms with Gasteiger partial charge in [-0.3, -0.25) is 4.98 Å². The summed E-state index contributed by atoms with van der Waals surface area (Å²) in [5.41, 5.74) is 0.364. The number of phenols is 1. The van der Waals surface area contributed by atoms with Gasteiger partial charge in [-0.15, -0.1) is 0 Å². The summed E-state index contributed by atoms with van der Waals surface area (Å²) in [6.45, 7) is 1.42. The van der Waals surface area contributed by atoms with E-state index in [4.69, 9.17) is 9.47 Å². The van der Waals surface area contributed by atoms with Gasteiger partial charge in [-0.25, -0.2) is 8.42 Å². The third-order valence-electron chi connectivity index (χ3n) is 6.48. The molecule has 0 radical (unpaired) electrons. The first-order chi connectivity index (χ1) is 14.0. The Bertz CT molecular complexity index is 1000. The molecule has 2 saturated heterocycles. The molecule has 154 valence electrons.